The monoisotopic (exact) mass is 436 g/mol. The van der Waals surface area contributed by atoms with Gasteiger partial charge in [-0.15, -0.1) is 5.10 Å². The predicted octanol–water partition coefficient (Wildman–Crippen LogP) is 2.75. The van der Waals surface area contributed by atoms with Gasteiger partial charge in [0.15, 0.2) is 11.5 Å². The fraction of sp³-hybridized carbons (Fsp3) is 0.318. The predicted molar refractivity (Wildman–Crippen MR) is 119 cm³/mol. The summed E-state index contributed by atoms with van der Waals surface area (Å²) in [5.41, 5.74) is 3.70. The molecule has 0 atom stereocenters. The lowest BCUT2D eigenvalue weighted by Gasteiger charge is -2.13. The number of aromatic nitrogens is 4. The van der Waals surface area contributed by atoms with Gasteiger partial charge in [-0.3, -0.25) is 0 Å². The average Bonchev–Trinajstić information content (AvgIpc) is 3.40. The second kappa shape index (κ2) is 9.04. The van der Waals surface area contributed by atoms with E-state index in [9.17, 15) is 4.79 Å². The standard InChI is InChI=1S/C22H24N6O4/c1-5-21(24-23-15(3)16-9-10-19-20(11-16)32-13-31-19)30-12-17-14(2)7-6-8-18(17)28-22(29)27(4)25-26-28/h6-11H,5,12-13H2,1-4H3/b23-15?,24-21+. The lowest BCUT2D eigenvalue weighted by atomic mass is 10.1. The number of tetrazole rings is 1. The Kier molecular flexibility index (Phi) is 6.02. The minimum Gasteiger partial charge on any atom is -0.475 e. The van der Waals surface area contributed by atoms with Gasteiger partial charge in [0.1, 0.15) is 6.61 Å². The van der Waals surface area contributed by atoms with Crippen LogP contribution in [-0.2, 0) is 18.4 Å². The fourth-order valence-corrected chi connectivity index (χ4v) is 3.21. The maximum Gasteiger partial charge on any atom is 0.368 e. The van der Waals surface area contributed by atoms with E-state index in [2.05, 4.69) is 20.6 Å². The van der Waals surface area contributed by atoms with Crippen LogP contribution in [0.5, 0.6) is 11.5 Å². The minimum atomic E-state index is -0.329. The molecule has 10 nitrogen and oxygen atoms in total. The van der Waals surface area contributed by atoms with Gasteiger partial charge in [0.25, 0.3) is 0 Å². The molecule has 10 heteroatoms. The molecule has 0 saturated heterocycles. The third-order valence-corrected chi connectivity index (χ3v) is 5.12. The molecule has 0 saturated carbocycles. The number of fused-ring (bicyclic) bond motifs is 1. The highest BCUT2D eigenvalue weighted by Gasteiger charge is 2.15. The van der Waals surface area contributed by atoms with E-state index in [0.717, 1.165) is 28.2 Å². The first-order valence-electron chi connectivity index (χ1n) is 10.2. The highest BCUT2D eigenvalue weighted by atomic mass is 16.7. The van der Waals surface area contributed by atoms with Crippen molar-refractivity contribution in [3.63, 3.8) is 0 Å². The van der Waals surface area contributed by atoms with Gasteiger partial charge >= 0.3 is 5.69 Å². The lowest BCUT2D eigenvalue weighted by molar-refractivity contribution is 0.174. The van der Waals surface area contributed by atoms with Crippen LogP contribution < -0.4 is 15.2 Å². The van der Waals surface area contributed by atoms with Crippen molar-refractivity contribution < 1.29 is 14.2 Å². The first-order chi connectivity index (χ1) is 15.5. The minimum absolute atomic E-state index is 0.219. The van der Waals surface area contributed by atoms with E-state index in [1.54, 1.807) is 7.05 Å². The molecule has 1 aliphatic heterocycles. The summed E-state index contributed by atoms with van der Waals surface area (Å²) in [5, 5.41) is 16.4. The molecule has 2 heterocycles. The zero-order chi connectivity index (χ0) is 22.7. The van der Waals surface area contributed by atoms with Gasteiger partial charge < -0.3 is 14.2 Å². The van der Waals surface area contributed by atoms with Gasteiger partial charge in [-0.05, 0) is 54.1 Å². The Hall–Kier alpha value is -3.95. The lowest BCUT2D eigenvalue weighted by Crippen LogP contribution is -2.23. The summed E-state index contributed by atoms with van der Waals surface area (Å²) in [7, 11) is 1.56. The molecular weight excluding hydrogens is 412 g/mol. The largest absolute Gasteiger partial charge is 0.475 e. The van der Waals surface area contributed by atoms with Gasteiger partial charge in [0.2, 0.25) is 12.7 Å². The Balaban J connectivity index is 1.54. The molecule has 0 aliphatic carbocycles. The third-order valence-electron chi connectivity index (χ3n) is 5.12. The van der Waals surface area contributed by atoms with Crippen LogP contribution in [0.15, 0.2) is 51.4 Å². The number of rotatable bonds is 6. The first-order valence-corrected chi connectivity index (χ1v) is 10.2. The van der Waals surface area contributed by atoms with Crippen molar-refractivity contribution >= 4 is 11.6 Å². The average molecular weight is 436 g/mol. The zero-order valence-corrected chi connectivity index (χ0v) is 18.4. The van der Waals surface area contributed by atoms with E-state index in [1.165, 1.54) is 9.36 Å². The Morgan fingerprint density at radius 3 is 2.72 bits per heavy atom. The van der Waals surface area contributed by atoms with Crippen molar-refractivity contribution in [2.24, 2.45) is 17.3 Å². The summed E-state index contributed by atoms with van der Waals surface area (Å²) in [6, 6.07) is 11.3. The molecular formula is C22H24N6O4. The normalized spacial score (nSPS) is 13.5. The molecule has 166 valence electrons. The molecule has 2 aromatic carbocycles. The van der Waals surface area contributed by atoms with Crippen LogP contribution in [0.1, 0.15) is 37.0 Å². The molecule has 1 aromatic heterocycles. The number of hydrogen-bond donors (Lipinski definition) is 0. The van der Waals surface area contributed by atoms with E-state index in [-0.39, 0.29) is 19.1 Å². The van der Waals surface area contributed by atoms with Crippen LogP contribution in [0.25, 0.3) is 5.69 Å². The summed E-state index contributed by atoms with van der Waals surface area (Å²) < 4.78 is 19.2. The quantitative estimate of drug-likeness (QED) is 0.334. The smallest absolute Gasteiger partial charge is 0.368 e. The van der Waals surface area contributed by atoms with Crippen LogP contribution in [-0.4, -0.2) is 38.2 Å². The number of benzene rings is 2. The molecule has 0 unspecified atom stereocenters. The maximum absolute atomic E-state index is 12.3. The highest BCUT2D eigenvalue weighted by Crippen LogP contribution is 2.32. The highest BCUT2D eigenvalue weighted by molar-refractivity contribution is 5.99. The van der Waals surface area contributed by atoms with Crippen LogP contribution in [0.2, 0.25) is 0 Å². The van der Waals surface area contributed by atoms with Crippen LogP contribution in [0, 0.1) is 6.92 Å². The van der Waals surface area contributed by atoms with Crippen molar-refractivity contribution in [2.45, 2.75) is 33.8 Å². The van der Waals surface area contributed by atoms with E-state index in [1.807, 2.05) is 57.2 Å². The van der Waals surface area contributed by atoms with E-state index in [0.29, 0.717) is 23.8 Å². The van der Waals surface area contributed by atoms with Gasteiger partial charge in [-0.25, -0.2) is 4.79 Å². The van der Waals surface area contributed by atoms with Gasteiger partial charge in [0, 0.05) is 24.6 Å². The van der Waals surface area contributed by atoms with Crippen molar-refractivity contribution in [3.8, 4) is 17.2 Å². The Labute approximate surface area is 184 Å². The van der Waals surface area contributed by atoms with Gasteiger partial charge in [-0.2, -0.15) is 14.5 Å². The Morgan fingerprint density at radius 1 is 1.16 bits per heavy atom. The third kappa shape index (κ3) is 4.25. The Bertz CT molecular complexity index is 1260. The molecule has 4 rings (SSSR count). The van der Waals surface area contributed by atoms with Crippen molar-refractivity contribution in [2.75, 3.05) is 6.79 Å². The molecule has 32 heavy (non-hydrogen) atoms. The number of aryl methyl sites for hydroxylation is 2. The zero-order valence-electron chi connectivity index (χ0n) is 18.4. The number of ether oxygens (including phenoxy) is 3. The topological polar surface area (TPSA) is 105 Å². The van der Waals surface area contributed by atoms with Crippen LogP contribution in [0.4, 0.5) is 0 Å². The Morgan fingerprint density at radius 2 is 1.97 bits per heavy atom. The molecule has 3 aromatic rings. The van der Waals surface area contributed by atoms with Crippen LogP contribution >= 0.6 is 0 Å². The summed E-state index contributed by atoms with van der Waals surface area (Å²) in [6.07, 6.45) is 0.560. The number of nitrogens with zero attached hydrogens (tertiary/aromatic N) is 6. The molecule has 1 aliphatic rings. The summed E-state index contributed by atoms with van der Waals surface area (Å²) >= 11 is 0. The van der Waals surface area contributed by atoms with E-state index >= 15 is 0 Å². The van der Waals surface area contributed by atoms with Gasteiger partial charge in [-0.1, -0.05) is 19.1 Å². The van der Waals surface area contributed by atoms with Crippen molar-refractivity contribution in [1.82, 2.24) is 19.8 Å². The molecule has 0 spiro atoms. The molecule has 0 bridgehead atoms. The summed E-state index contributed by atoms with van der Waals surface area (Å²) in [4.78, 5) is 12.3. The molecule has 0 N–H and O–H groups in total. The fourth-order valence-electron chi connectivity index (χ4n) is 3.21. The summed E-state index contributed by atoms with van der Waals surface area (Å²) in [5.74, 6) is 1.89. The first kappa shape index (κ1) is 21.3. The van der Waals surface area contributed by atoms with Crippen molar-refractivity contribution in [3.05, 3.63) is 63.6 Å². The van der Waals surface area contributed by atoms with E-state index in [4.69, 9.17) is 14.2 Å². The molecule has 0 fully saturated rings. The summed E-state index contributed by atoms with van der Waals surface area (Å²) in [6.45, 7) is 6.21. The van der Waals surface area contributed by atoms with Gasteiger partial charge in [0.05, 0.1) is 11.4 Å². The second-order valence-corrected chi connectivity index (χ2v) is 7.26. The second-order valence-electron chi connectivity index (χ2n) is 7.26. The van der Waals surface area contributed by atoms with Crippen molar-refractivity contribution in [1.29, 1.82) is 0 Å². The van der Waals surface area contributed by atoms with E-state index < -0.39 is 0 Å². The SMILES string of the molecule is CC/C(=N\N=C(C)c1ccc2c(c1)OCO2)OCc1c(C)cccc1-n1nnn(C)c1=O. The molecule has 0 amide bonds. The molecule has 0 radical (unpaired) electrons. The number of hydrogen-bond acceptors (Lipinski definition) is 8. The van der Waals surface area contributed by atoms with Crippen LogP contribution in [0.3, 0.4) is 0 Å². The maximum atomic E-state index is 12.3.